The lowest BCUT2D eigenvalue weighted by molar-refractivity contribution is -0.335. The summed E-state index contributed by atoms with van der Waals surface area (Å²) in [4.78, 5) is 25.5. The summed E-state index contributed by atoms with van der Waals surface area (Å²) in [6.45, 7) is 12.0. The van der Waals surface area contributed by atoms with Crippen LogP contribution >= 0.6 is 0 Å². The van der Waals surface area contributed by atoms with E-state index in [-0.39, 0.29) is 29.1 Å². The van der Waals surface area contributed by atoms with E-state index in [1.807, 2.05) is 13.8 Å². The minimum absolute atomic E-state index is 0.00107. The van der Waals surface area contributed by atoms with E-state index >= 15 is 0 Å². The van der Waals surface area contributed by atoms with Crippen LogP contribution in [0.4, 0.5) is 0 Å². The zero-order chi connectivity index (χ0) is 25.6. The van der Waals surface area contributed by atoms with Crippen molar-refractivity contribution in [3.8, 4) is 0 Å². The van der Waals surface area contributed by atoms with E-state index in [1.54, 1.807) is 18.6 Å². The summed E-state index contributed by atoms with van der Waals surface area (Å²) in [6.07, 6.45) is 4.84. The van der Waals surface area contributed by atoms with Crippen LogP contribution < -0.4 is 0 Å². The Morgan fingerprint density at radius 2 is 1.83 bits per heavy atom. The highest BCUT2D eigenvalue weighted by Crippen LogP contribution is 2.75. The average Bonchev–Trinajstić information content (AvgIpc) is 3.29. The molecule has 1 saturated heterocycles. The van der Waals surface area contributed by atoms with Crippen molar-refractivity contribution >= 4 is 11.9 Å². The van der Waals surface area contributed by atoms with Crippen molar-refractivity contribution in [2.45, 2.75) is 104 Å². The van der Waals surface area contributed by atoms with E-state index in [4.69, 9.17) is 13.9 Å². The summed E-state index contributed by atoms with van der Waals surface area (Å²) in [7, 11) is 0. The molecule has 0 spiro atoms. The molecule has 0 bridgehead atoms. The van der Waals surface area contributed by atoms with Gasteiger partial charge in [-0.25, -0.2) is 0 Å². The minimum Gasteiger partial charge on any atom is -0.472 e. The van der Waals surface area contributed by atoms with E-state index in [2.05, 4.69) is 20.8 Å². The Kier molecular flexibility index (Phi) is 5.37. The second-order valence-electron chi connectivity index (χ2n) is 13.0. The first-order valence-electron chi connectivity index (χ1n) is 13.0. The Labute approximate surface area is 207 Å². The van der Waals surface area contributed by atoms with Gasteiger partial charge in [0, 0.05) is 23.3 Å². The smallest absolute Gasteiger partial charge is 0.309 e. The number of fused-ring (bicyclic) bond motifs is 5. The first-order valence-corrected chi connectivity index (χ1v) is 13.0. The van der Waals surface area contributed by atoms with Crippen molar-refractivity contribution in [2.75, 3.05) is 0 Å². The highest BCUT2D eigenvalue weighted by molar-refractivity contribution is 5.73. The number of furan rings is 1. The van der Waals surface area contributed by atoms with Crippen LogP contribution in [0.5, 0.6) is 0 Å². The molecule has 5 rings (SSSR count). The minimum atomic E-state index is -1.46. The number of carbonyl (C=O) groups excluding carboxylic acids is 2. The van der Waals surface area contributed by atoms with Crippen molar-refractivity contribution in [2.24, 2.45) is 33.5 Å². The van der Waals surface area contributed by atoms with Gasteiger partial charge in [0.1, 0.15) is 12.2 Å². The third kappa shape index (κ3) is 3.03. The molecule has 1 aromatic heterocycles. The maximum absolute atomic E-state index is 13.1. The predicted octanol–water partition coefficient (Wildman–Crippen LogP) is 4.56. The quantitative estimate of drug-likeness (QED) is 0.588. The Bertz CT molecular complexity index is 1020. The highest BCUT2D eigenvalue weighted by Gasteiger charge is 2.77. The number of hydrogen-bond donors (Lipinski definition) is 2. The molecule has 194 valence electrons. The van der Waals surface area contributed by atoms with Crippen molar-refractivity contribution in [3.05, 3.63) is 24.2 Å². The van der Waals surface area contributed by atoms with Gasteiger partial charge in [-0.2, -0.15) is 0 Å². The molecule has 0 amide bonds. The van der Waals surface area contributed by atoms with E-state index in [9.17, 15) is 19.8 Å². The normalized spacial score (nSPS) is 48.7. The standard InChI is InChI=1S/C28H40O7/c1-16(29)34-21-13-19-24(2,3)20(30)8-10-25(19,4)18-7-11-26(5)23(17-9-12-33-15-17)35-22(31)14-28(26,32)27(18,21)6/h9,12,15,18-21,23,30,32H,7-8,10-11,13-14H2,1-6H3/t18?,19?,20-,21+,23-,25+,26-,27-,28?/m0/s1. The summed E-state index contributed by atoms with van der Waals surface area (Å²) in [5, 5.41) is 23.8. The molecule has 3 saturated carbocycles. The fraction of sp³-hybridized carbons (Fsp3) is 0.786. The fourth-order valence-electron chi connectivity index (χ4n) is 9.37. The molecular formula is C28H40O7. The number of esters is 2. The Morgan fingerprint density at radius 3 is 2.46 bits per heavy atom. The lowest BCUT2D eigenvalue weighted by Crippen LogP contribution is -2.76. The molecule has 1 aromatic rings. The summed E-state index contributed by atoms with van der Waals surface area (Å²) < 4.78 is 17.3. The summed E-state index contributed by atoms with van der Waals surface area (Å²) in [6, 6.07) is 1.79. The maximum Gasteiger partial charge on any atom is 0.309 e. The Balaban J connectivity index is 1.69. The number of aliphatic hydroxyl groups is 2. The van der Waals surface area contributed by atoms with Crippen LogP contribution in [0.2, 0.25) is 0 Å². The summed E-state index contributed by atoms with van der Waals surface area (Å²) >= 11 is 0. The number of carbonyl (C=O) groups is 2. The second-order valence-corrected chi connectivity index (χ2v) is 13.0. The molecular weight excluding hydrogens is 448 g/mol. The van der Waals surface area contributed by atoms with Crippen molar-refractivity contribution in [1.29, 1.82) is 0 Å². The molecule has 3 unspecified atom stereocenters. The first kappa shape index (κ1) is 24.8. The van der Waals surface area contributed by atoms with E-state index in [1.165, 1.54) is 6.92 Å². The van der Waals surface area contributed by atoms with Gasteiger partial charge in [0.2, 0.25) is 0 Å². The van der Waals surface area contributed by atoms with Gasteiger partial charge in [-0.3, -0.25) is 9.59 Å². The second kappa shape index (κ2) is 7.58. The van der Waals surface area contributed by atoms with Crippen LogP contribution in [-0.2, 0) is 19.1 Å². The number of cyclic esters (lactones) is 1. The average molecular weight is 489 g/mol. The number of aliphatic hydroxyl groups excluding tert-OH is 1. The predicted molar refractivity (Wildman–Crippen MR) is 127 cm³/mol. The van der Waals surface area contributed by atoms with Crippen LogP contribution in [0.15, 0.2) is 23.0 Å². The topological polar surface area (TPSA) is 106 Å². The number of ether oxygens (including phenoxy) is 2. The molecule has 2 N–H and O–H groups in total. The van der Waals surface area contributed by atoms with Crippen LogP contribution in [0.1, 0.15) is 91.7 Å². The zero-order valence-corrected chi connectivity index (χ0v) is 21.8. The van der Waals surface area contributed by atoms with Crippen LogP contribution in [0.3, 0.4) is 0 Å². The van der Waals surface area contributed by atoms with E-state index < -0.39 is 46.7 Å². The Morgan fingerprint density at radius 1 is 1.11 bits per heavy atom. The lowest BCUT2D eigenvalue weighted by Gasteiger charge is -2.73. The first-order chi connectivity index (χ1) is 16.2. The molecule has 35 heavy (non-hydrogen) atoms. The monoisotopic (exact) mass is 488 g/mol. The largest absolute Gasteiger partial charge is 0.472 e. The molecule has 4 fully saturated rings. The van der Waals surface area contributed by atoms with Gasteiger partial charge in [-0.15, -0.1) is 0 Å². The molecule has 3 aliphatic carbocycles. The molecule has 7 nitrogen and oxygen atoms in total. The lowest BCUT2D eigenvalue weighted by atomic mass is 9.33. The van der Waals surface area contributed by atoms with Gasteiger partial charge in [0.05, 0.1) is 30.7 Å². The zero-order valence-electron chi connectivity index (χ0n) is 21.8. The summed E-state index contributed by atoms with van der Waals surface area (Å²) in [5.74, 6) is -0.743. The van der Waals surface area contributed by atoms with Gasteiger partial charge in [0.25, 0.3) is 0 Å². The van der Waals surface area contributed by atoms with Crippen LogP contribution in [0.25, 0.3) is 0 Å². The van der Waals surface area contributed by atoms with Gasteiger partial charge in [0.15, 0.2) is 0 Å². The highest BCUT2D eigenvalue weighted by atomic mass is 16.6. The number of rotatable bonds is 2. The SMILES string of the molecule is CC(=O)O[C@@H]1CC2C(C)(C)[C@@H](O)CC[C@]2(C)C2CC[C@@]3(C)[C@H](c4ccoc4)OC(=O)CC3(O)[C@@]21C. The molecule has 2 heterocycles. The van der Waals surface area contributed by atoms with Crippen molar-refractivity contribution in [1.82, 2.24) is 0 Å². The van der Waals surface area contributed by atoms with Crippen molar-refractivity contribution < 1.29 is 33.7 Å². The molecule has 9 atom stereocenters. The Hall–Kier alpha value is -1.86. The van der Waals surface area contributed by atoms with Crippen molar-refractivity contribution in [3.63, 3.8) is 0 Å². The van der Waals surface area contributed by atoms with Crippen LogP contribution in [0, 0.1) is 33.5 Å². The molecule has 0 radical (unpaired) electrons. The van der Waals surface area contributed by atoms with E-state index in [0.717, 1.165) is 18.4 Å². The van der Waals surface area contributed by atoms with Gasteiger partial charge in [-0.05, 0) is 60.8 Å². The number of hydrogen-bond acceptors (Lipinski definition) is 7. The fourth-order valence-corrected chi connectivity index (χ4v) is 9.37. The summed E-state index contributed by atoms with van der Waals surface area (Å²) in [5.41, 5.74) is -2.95. The maximum atomic E-state index is 13.1. The van der Waals surface area contributed by atoms with Crippen LogP contribution in [-0.4, -0.2) is 40.0 Å². The third-order valence-corrected chi connectivity index (χ3v) is 11.3. The van der Waals surface area contributed by atoms with Gasteiger partial charge >= 0.3 is 11.9 Å². The molecule has 0 aromatic carbocycles. The van der Waals surface area contributed by atoms with E-state index in [0.29, 0.717) is 19.3 Å². The van der Waals surface area contributed by atoms with Gasteiger partial charge < -0.3 is 24.1 Å². The molecule has 4 aliphatic rings. The van der Waals surface area contributed by atoms with Gasteiger partial charge in [-0.1, -0.05) is 34.6 Å². The third-order valence-electron chi connectivity index (χ3n) is 11.3. The molecule has 7 heteroatoms. The molecule has 1 aliphatic heterocycles.